The molecule has 0 fully saturated rings. The van der Waals surface area contributed by atoms with Gasteiger partial charge in [0.05, 0.1) is 5.56 Å². The first-order chi connectivity index (χ1) is 13.5. The van der Waals surface area contributed by atoms with Crippen LogP contribution in [-0.2, 0) is 13.1 Å². The predicted octanol–water partition coefficient (Wildman–Crippen LogP) is 4.88. The topological polar surface area (TPSA) is 45.2 Å². The van der Waals surface area contributed by atoms with Gasteiger partial charge in [-0.05, 0) is 49.2 Å². The minimum atomic E-state index is -0.255. The zero-order chi connectivity index (χ0) is 19.9. The Bertz CT molecular complexity index is 893. The molecule has 3 aromatic rings. The number of pyridine rings is 1. The smallest absolute Gasteiger partial charge is 0.255 e. The highest BCUT2D eigenvalue weighted by molar-refractivity contribution is 5.94. The van der Waals surface area contributed by atoms with E-state index in [4.69, 9.17) is 0 Å². The van der Waals surface area contributed by atoms with Crippen LogP contribution in [0.1, 0.15) is 35.3 Å². The van der Waals surface area contributed by atoms with Gasteiger partial charge in [0.25, 0.3) is 5.91 Å². The molecule has 1 aromatic heterocycles. The third kappa shape index (κ3) is 5.16. The van der Waals surface area contributed by atoms with Crippen LogP contribution in [0.25, 0.3) is 0 Å². The highest BCUT2D eigenvalue weighted by Gasteiger charge is 2.19. The number of aromatic nitrogens is 1. The maximum atomic E-state index is 13.0. The van der Waals surface area contributed by atoms with Gasteiger partial charge < -0.3 is 10.2 Å². The highest BCUT2D eigenvalue weighted by Crippen LogP contribution is 2.15. The Morgan fingerprint density at radius 1 is 1.00 bits per heavy atom. The van der Waals surface area contributed by atoms with Crippen LogP contribution in [0.4, 0.5) is 10.2 Å². The molecule has 3 rings (SSSR count). The van der Waals surface area contributed by atoms with E-state index in [9.17, 15) is 9.18 Å². The first-order valence-electron chi connectivity index (χ1n) is 9.32. The summed E-state index contributed by atoms with van der Waals surface area (Å²) in [5, 5.41) is 3.18. The van der Waals surface area contributed by atoms with Gasteiger partial charge in [0, 0.05) is 25.3 Å². The lowest BCUT2D eigenvalue weighted by atomic mass is 10.1. The fourth-order valence-electron chi connectivity index (χ4n) is 2.85. The molecule has 1 N–H and O–H groups in total. The normalized spacial score (nSPS) is 10.7. The number of halogens is 1. The Morgan fingerprint density at radius 3 is 2.32 bits per heavy atom. The summed E-state index contributed by atoms with van der Waals surface area (Å²) >= 11 is 0. The quantitative estimate of drug-likeness (QED) is 0.638. The Labute approximate surface area is 165 Å². The summed E-state index contributed by atoms with van der Waals surface area (Å²) in [5.74, 6) is 0.367. The molecular weight excluding hydrogens is 353 g/mol. The fraction of sp³-hybridized carbons (Fsp3) is 0.217. The first kappa shape index (κ1) is 19.5. The van der Waals surface area contributed by atoms with Gasteiger partial charge in [-0.25, -0.2) is 9.37 Å². The molecular formula is C23H24FN3O. The summed E-state index contributed by atoms with van der Waals surface area (Å²) in [6, 6.07) is 19.9. The van der Waals surface area contributed by atoms with E-state index in [1.807, 2.05) is 49.1 Å². The average Bonchev–Trinajstić information content (AvgIpc) is 2.72. The number of amides is 1. The monoisotopic (exact) mass is 377 g/mol. The summed E-state index contributed by atoms with van der Waals surface area (Å²) in [5.41, 5.74) is 2.60. The second-order valence-corrected chi connectivity index (χ2v) is 6.92. The van der Waals surface area contributed by atoms with Crippen LogP contribution in [-0.4, -0.2) is 21.8 Å². The molecule has 1 amide bonds. The number of hydrogen-bond acceptors (Lipinski definition) is 3. The van der Waals surface area contributed by atoms with Crippen molar-refractivity contribution in [1.82, 2.24) is 9.88 Å². The van der Waals surface area contributed by atoms with Crippen molar-refractivity contribution in [2.45, 2.75) is 33.0 Å². The van der Waals surface area contributed by atoms with Crippen LogP contribution in [0.3, 0.4) is 0 Å². The Hall–Kier alpha value is -3.21. The Morgan fingerprint density at radius 2 is 1.71 bits per heavy atom. The average molecular weight is 377 g/mol. The number of hydrogen-bond donors (Lipinski definition) is 1. The number of rotatable bonds is 7. The maximum absolute atomic E-state index is 13.0. The van der Waals surface area contributed by atoms with Crippen LogP contribution >= 0.6 is 0 Å². The number of nitrogens with one attached hydrogen (secondary N) is 1. The maximum Gasteiger partial charge on any atom is 0.255 e. The molecule has 0 aliphatic rings. The molecule has 4 nitrogen and oxygen atoms in total. The van der Waals surface area contributed by atoms with Gasteiger partial charge in [0.1, 0.15) is 11.6 Å². The van der Waals surface area contributed by atoms with E-state index in [0.29, 0.717) is 24.5 Å². The van der Waals surface area contributed by atoms with Crippen molar-refractivity contribution >= 4 is 11.7 Å². The zero-order valence-electron chi connectivity index (χ0n) is 16.1. The van der Waals surface area contributed by atoms with Crippen LogP contribution in [0.5, 0.6) is 0 Å². The Kier molecular flexibility index (Phi) is 6.37. The van der Waals surface area contributed by atoms with Crippen molar-refractivity contribution in [1.29, 1.82) is 0 Å². The molecule has 0 radical (unpaired) electrons. The molecule has 2 aromatic carbocycles. The number of benzene rings is 2. The molecule has 144 valence electrons. The van der Waals surface area contributed by atoms with E-state index < -0.39 is 0 Å². The van der Waals surface area contributed by atoms with Crippen LogP contribution in [0.15, 0.2) is 72.9 Å². The van der Waals surface area contributed by atoms with E-state index in [1.54, 1.807) is 30.5 Å². The van der Waals surface area contributed by atoms with Gasteiger partial charge in [-0.3, -0.25) is 4.79 Å². The summed E-state index contributed by atoms with van der Waals surface area (Å²) < 4.78 is 13.0. The van der Waals surface area contributed by atoms with Crippen molar-refractivity contribution in [2.24, 2.45) is 0 Å². The summed E-state index contributed by atoms with van der Waals surface area (Å²) in [6.07, 6.45) is 1.59. The molecule has 5 heteroatoms. The highest BCUT2D eigenvalue weighted by atomic mass is 19.1. The molecule has 0 atom stereocenters. The Balaban J connectivity index is 1.65. The van der Waals surface area contributed by atoms with Crippen LogP contribution < -0.4 is 5.32 Å². The van der Waals surface area contributed by atoms with Crippen molar-refractivity contribution < 1.29 is 9.18 Å². The van der Waals surface area contributed by atoms with Gasteiger partial charge in [-0.2, -0.15) is 0 Å². The molecule has 1 heterocycles. The molecule has 0 saturated carbocycles. The number of carbonyl (C=O) groups is 1. The van der Waals surface area contributed by atoms with E-state index in [0.717, 1.165) is 11.1 Å². The van der Waals surface area contributed by atoms with Crippen LogP contribution in [0, 0.1) is 5.82 Å². The number of nitrogens with zero attached hydrogens (tertiary/aromatic N) is 2. The summed E-state index contributed by atoms with van der Waals surface area (Å²) in [4.78, 5) is 19.1. The van der Waals surface area contributed by atoms with Gasteiger partial charge in [-0.15, -0.1) is 0 Å². The molecule has 28 heavy (non-hydrogen) atoms. The zero-order valence-corrected chi connectivity index (χ0v) is 16.1. The lowest BCUT2D eigenvalue weighted by molar-refractivity contribution is 0.0690. The minimum absolute atomic E-state index is 0.0450. The molecule has 0 saturated heterocycles. The fourth-order valence-corrected chi connectivity index (χ4v) is 2.85. The largest absolute Gasteiger partial charge is 0.366 e. The summed E-state index contributed by atoms with van der Waals surface area (Å²) in [7, 11) is 0. The van der Waals surface area contributed by atoms with E-state index in [-0.39, 0.29) is 17.8 Å². The molecule has 0 aliphatic carbocycles. The SMILES string of the molecule is CC(C)N(Cc1ccccc1)C(=O)c1ccc(NCc2ccc(F)cc2)nc1. The lowest BCUT2D eigenvalue weighted by Crippen LogP contribution is -2.36. The van der Waals surface area contributed by atoms with E-state index >= 15 is 0 Å². The van der Waals surface area contributed by atoms with E-state index in [1.165, 1.54) is 12.1 Å². The van der Waals surface area contributed by atoms with Gasteiger partial charge in [-0.1, -0.05) is 42.5 Å². The molecule has 0 aliphatic heterocycles. The second kappa shape index (κ2) is 9.13. The van der Waals surface area contributed by atoms with Crippen molar-refractivity contribution in [3.05, 3.63) is 95.4 Å². The second-order valence-electron chi connectivity index (χ2n) is 6.92. The van der Waals surface area contributed by atoms with Crippen molar-refractivity contribution in [2.75, 3.05) is 5.32 Å². The third-order valence-corrected chi connectivity index (χ3v) is 4.48. The number of carbonyl (C=O) groups excluding carboxylic acids is 1. The molecule has 0 bridgehead atoms. The van der Waals surface area contributed by atoms with Crippen LogP contribution in [0.2, 0.25) is 0 Å². The number of anilines is 1. The van der Waals surface area contributed by atoms with Gasteiger partial charge in [0.2, 0.25) is 0 Å². The lowest BCUT2D eigenvalue weighted by Gasteiger charge is -2.27. The summed E-state index contributed by atoms with van der Waals surface area (Å²) in [6.45, 7) is 5.11. The third-order valence-electron chi connectivity index (χ3n) is 4.48. The minimum Gasteiger partial charge on any atom is -0.366 e. The van der Waals surface area contributed by atoms with E-state index in [2.05, 4.69) is 10.3 Å². The van der Waals surface area contributed by atoms with Gasteiger partial charge in [0.15, 0.2) is 0 Å². The molecule has 0 unspecified atom stereocenters. The van der Waals surface area contributed by atoms with Gasteiger partial charge >= 0.3 is 0 Å². The van der Waals surface area contributed by atoms with Crippen molar-refractivity contribution in [3.8, 4) is 0 Å². The predicted molar refractivity (Wildman–Crippen MR) is 109 cm³/mol. The van der Waals surface area contributed by atoms with Crippen molar-refractivity contribution in [3.63, 3.8) is 0 Å². The standard InChI is InChI=1S/C23H24FN3O/c1-17(2)27(16-19-6-4-3-5-7-19)23(28)20-10-13-22(26-15-20)25-14-18-8-11-21(24)12-9-18/h3-13,15,17H,14,16H2,1-2H3,(H,25,26). The molecule has 0 spiro atoms. The first-order valence-corrected chi connectivity index (χ1v) is 9.32.